The summed E-state index contributed by atoms with van der Waals surface area (Å²) in [6, 6.07) is 2.21. The van der Waals surface area contributed by atoms with Gasteiger partial charge in [0, 0.05) is 11.1 Å². The second-order valence-electron chi connectivity index (χ2n) is 5.46. The van der Waals surface area contributed by atoms with Crippen LogP contribution in [0.1, 0.15) is 37.8 Å². The van der Waals surface area contributed by atoms with Crippen molar-refractivity contribution in [3.05, 3.63) is 21.7 Å². The second-order valence-corrected chi connectivity index (χ2v) is 6.31. The Morgan fingerprint density at radius 2 is 2.05 bits per heavy atom. The molecule has 2 aliphatic rings. The molecule has 0 saturated carbocycles. The summed E-state index contributed by atoms with van der Waals surface area (Å²) in [5, 5.41) is 3.64. The van der Waals surface area contributed by atoms with E-state index in [0.717, 1.165) is 28.9 Å². The molecular formula is C15H20BrNO2. The van der Waals surface area contributed by atoms with E-state index in [1.54, 1.807) is 0 Å². The summed E-state index contributed by atoms with van der Waals surface area (Å²) in [7, 11) is 0. The van der Waals surface area contributed by atoms with Gasteiger partial charge < -0.3 is 14.8 Å². The molecule has 3 rings (SSSR count). The summed E-state index contributed by atoms with van der Waals surface area (Å²) < 4.78 is 12.6. The first-order valence-electron chi connectivity index (χ1n) is 7.02. The van der Waals surface area contributed by atoms with Gasteiger partial charge in [-0.05, 0) is 60.3 Å². The van der Waals surface area contributed by atoms with Crippen molar-refractivity contribution in [2.75, 3.05) is 19.8 Å². The number of halogens is 1. The van der Waals surface area contributed by atoms with E-state index < -0.39 is 0 Å². The average molecular weight is 326 g/mol. The van der Waals surface area contributed by atoms with Gasteiger partial charge in [-0.2, -0.15) is 0 Å². The summed E-state index contributed by atoms with van der Waals surface area (Å²) in [5.41, 5.74) is 2.70. The lowest BCUT2D eigenvalue weighted by Gasteiger charge is -2.31. The summed E-state index contributed by atoms with van der Waals surface area (Å²) in [5.74, 6) is 1.81. The van der Waals surface area contributed by atoms with Gasteiger partial charge in [0.2, 0.25) is 0 Å². The molecule has 0 radical (unpaired) electrons. The van der Waals surface area contributed by atoms with Crippen LogP contribution in [0.25, 0.3) is 0 Å². The predicted molar refractivity (Wildman–Crippen MR) is 79.1 cm³/mol. The molecule has 0 bridgehead atoms. The van der Waals surface area contributed by atoms with Gasteiger partial charge >= 0.3 is 0 Å². The van der Waals surface area contributed by atoms with E-state index in [1.165, 1.54) is 24.0 Å². The molecule has 2 aliphatic heterocycles. The first-order valence-corrected chi connectivity index (χ1v) is 7.81. The fraction of sp³-hybridized carbons (Fsp3) is 0.600. The quantitative estimate of drug-likeness (QED) is 0.904. The second kappa shape index (κ2) is 4.98. The highest BCUT2D eigenvalue weighted by Gasteiger charge is 2.35. The van der Waals surface area contributed by atoms with Gasteiger partial charge in [0.15, 0.2) is 11.5 Å². The Balaban J connectivity index is 2.16. The zero-order valence-corrected chi connectivity index (χ0v) is 13.1. The zero-order valence-electron chi connectivity index (χ0n) is 11.5. The van der Waals surface area contributed by atoms with E-state index in [1.807, 2.05) is 0 Å². The number of benzene rings is 1. The molecule has 0 spiro atoms. The summed E-state index contributed by atoms with van der Waals surface area (Å²) >= 11 is 3.63. The molecule has 3 nitrogen and oxygen atoms in total. The Bertz CT molecular complexity index is 495. The molecule has 4 heteroatoms. The lowest BCUT2D eigenvalue weighted by atomic mass is 9.85. The van der Waals surface area contributed by atoms with Crippen LogP contribution >= 0.6 is 15.9 Å². The summed E-state index contributed by atoms with van der Waals surface area (Å²) in [6.07, 6.45) is 3.36. The maximum absolute atomic E-state index is 5.89. The molecule has 19 heavy (non-hydrogen) atoms. The molecule has 1 atom stereocenters. The van der Waals surface area contributed by atoms with E-state index in [-0.39, 0.29) is 5.54 Å². The fourth-order valence-corrected chi connectivity index (χ4v) is 3.71. The van der Waals surface area contributed by atoms with Gasteiger partial charge in [-0.25, -0.2) is 0 Å². The number of rotatable bonds is 2. The average Bonchev–Trinajstić information content (AvgIpc) is 2.87. The van der Waals surface area contributed by atoms with Crippen LogP contribution in [0, 0.1) is 0 Å². The van der Waals surface area contributed by atoms with Crippen LogP contribution in [-0.2, 0) is 12.0 Å². The Kier molecular flexibility index (Phi) is 3.48. The van der Waals surface area contributed by atoms with Gasteiger partial charge in [0.25, 0.3) is 0 Å². The minimum atomic E-state index is 0.0592. The molecule has 0 amide bonds. The van der Waals surface area contributed by atoms with Crippen molar-refractivity contribution in [3.8, 4) is 11.5 Å². The van der Waals surface area contributed by atoms with Crippen LogP contribution < -0.4 is 14.8 Å². The molecule has 0 aromatic heterocycles. The van der Waals surface area contributed by atoms with E-state index >= 15 is 0 Å². The Morgan fingerprint density at radius 3 is 2.68 bits per heavy atom. The van der Waals surface area contributed by atoms with E-state index in [9.17, 15) is 0 Å². The standard InChI is InChI=1S/C15H20BrNO2/c1-3-10-11(15(2)5-4-6-17-15)9-12(16)14-13(10)18-7-8-19-14/h9,17H,3-8H2,1-2H3. The summed E-state index contributed by atoms with van der Waals surface area (Å²) in [4.78, 5) is 0. The Morgan fingerprint density at radius 1 is 1.32 bits per heavy atom. The van der Waals surface area contributed by atoms with Crippen molar-refractivity contribution in [2.24, 2.45) is 0 Å². The molecule has 1 N–H and O–H groups in total. The van der Waals surface area contributed by atoms with Gasteiger partial charge in [-0.1, -0.05) is 6.92 Å². The largest absolute Gasteiger partial charge is 0.486 e. The van der Waals surface area contributed by atoms with Crippen LogP contribution in [0.2, 0.25) is 0 Å². The van der Waals surface area contributed by atoms with E-state index in [4.69, 9.17) is 9.47 Å². The third-order valence-electron chi connectivity index (χ3n) is 4.19. The van der Waals surface area contributed by atoms with E-state index in [2.05, 4.69) is 41.2 Å². The molecule has 1 saturated heterocycles. The maximum atomic E-state index is 5.89. The van der Waals surface area contributed by atoms with Crippen LogP contribution in [0.15, 0.2) is 10.5 Å². The van der Waals surface area contributed by atoms with Gasteiger partial charge in [0.1, 0.15) is 13.2 Å². The minimum Gasteiger partial charge on any atom is -0.486 e. The molecule has 2 heterocycles. The monoisotopic (exact) mass is 325 g/mol. The number of nitrogens with one attached hydrogen (secondary N) is 1. The van der Waals surface area contributed by atoms with Gasteiger partial charge in [0.05, 0.1) is 4.47 Å². The fourth-order valence-electron chi connectivity index (χ4n) is 3.19. The number of fused-ring (bicyclic) bond motifs is 1. The molecule has 1 unspecified atom stereocenters. The number of hydrogen-bond acceptors (Lipinski definition) is 3. The molecule has 1 aromatic rings. The van der Waals surface area contributed by atoms with Crippen LogP contribution in [0.5, 0.6) is 11.5 Å². The Labute approximate surface area is 122 Å². The van der Waals surface area contributed by atoms with Crippen LogP contribution in [0.4, 0.5) is 0 Å². The highest BCUT2D eigenvalue weighted by molar-refractivity contribution is 9.10. The van der Waals surface area contributed by atoms with Crippen molar-refractivity contribution < 1.29 is 9.47 Å². The molecule has 0 aliphatic carbocycles. The third-order valence-corrected chi connectivity index (χ3v) is 4.78. The SMILES string of the molecule is CCc1c(C2(C)CCCN2)cc(Br)c2c1OCCO2. The van der Waals surface area contributed by atoms with Crippen molar-refractivity contribution >= 4 is 15.9 Å². The van der Waals surface area contributed by atoms with Crippen molar-refractivity contribution in [2.45, 2.75) is 38.6 Å². The zero-order chi connectivity index (χ0) is 13.5. The lowest BCUT2D eigenvalue weighted by molar-refractivity contribution is 0.168. The van der Waals surface area contributed by atoms with Crippen LogP contribution in [0.3, 0.4) is 0 Å². The minimum absolute atomic E-state index is 0.0592. The predicted octanol–water partition coefficient (Wildman–Crippen LogP) is 3.38. The molecular weight excluding hydrogens is 306 g/mol. The summed E-state index contributed by atoms with van der Waals surface area (Å²) in [6.45, 7) is 6.83. The van der Waals surface area contributed by atoms with Crippen molar-refractivity contribution in [1.82, 2.24) is 5.32 Å². The Hall–Kier alpha value is -0.740. The lowest BCUT2D eigenvalue weighted by Crippen LogP contribution is -2.34. The first-order chi connectivity index (χ1) is 9.15. The topological polar surface area (TPSA) is 30.5 Å². The molecule has 1 fully saturated rings. The van der Waals surface area contributed by atoms with Gasteiger partial charge in [-0.15, -0.1) is 0 Å². The third kappa shape index (κ3) is 2.15. The number of ether oxygens (including phenoxy) is 2. The number of hydrogen-bond donors (Lipinski definition) is 1. The van der Waals surface area contributed by atoms with Crippen LogP contribution in [-0.4, -0.2) is 19.8 Å². The smallest absolute Gasteiger partial charge is 0.175 e. The van der Waals surface area contributed by atoms with Crippen molar-refractivity contribution in [3.63, 3.8) is 0 Å². The first kappa shape index (κ1) is 13.3. The normalized spacial score (nSPS) is 25.6. The van der Waals surface area contributed by atoms with E-state index in [0.29, 0.717) is 13.2 Å². The molecule has 104 valence electrons. The highest BCUT2D eigenvalue weighted by atomic mass is 79.9. The molecule has 1 aromatic carbocycles. The van der Waals surface area contributed by atoms with Gasteiger partial charge in [-0.3, -0.25) is 0 Å². The highest BCUT2D eigenvalue weighted by Crippen LogP contribution is 2.46. The van der Waals surface area contributed by atoms with Crippen molar-refractivity contribution in [1.29, 1.82) is 0 Å². The maximum Gasteiger partial charge on any atom is 0.175 e.